The number of carbonyl (C=O) groups is 1. The highest BCUT2D eigenvalue weighted by Gasteiger charge is 2.53. The van der Waals surface area contributed by atoms with E-state index in [1.54, 1.807) is 0 Å². The largest absolute Gasteiger partial charge is 0.352 e. The minimum Gasteiger partial charge on any atom is -0.352 e. The quantitative estimate of drug-likeness (QED) is 0.812. The highest BCUT2D eigenvalue weighted by molar-refractivity contribution is 5.78. The standard InChI is InChI=1S/C17H30N2O/c1-11(2)18-10-16(20)19-12(3)17-7-13-4-14(8-17)6-15(5-13)9-17/h11-15,18H,4-10H2,1-3H3,(H,19,20). The van der Waals surface area contributed by atoms with Crippen LogP contribution in [0.25, 0.3) is 0 Å². The monoisotopic (exact) mass is 278 g/mol. The average molecular weight is 278 g/mol. The normalized spacial score (nSPS) is 40.1. The van der Waals surface area contributed by atoms with Gasteiger partial charge in [-0.25, -0.2) is 0 Å². The Morgan fingerprint density at radius 3 is 2.00 bits per heavy atom. The fraction of sp³-hybridized carbons (Fsp3) is 0.941. The molecule has 0 aliphatic heterocycles. The molecule has 4 rings (SSSR count). The third kappa shape index (κ3) is 2.74. The number of rotatable bonds is 5. The topological polar surface area (TPSA) is 41.1 Å². The van der Waals surface area contributed by atoms with Gasteiger partial charge in [0.1, 0.15) is 0 Å². The summed E-state index contributed by atoms with van der Waals surface area (Å²) in [6.07, 6.45) is 8.48. The highest BCUT2D eigenvalue weighted by atomic mass is 16.2. The molecule has 4 fully saturated rings. The molecule has 0 spiro atoms. The molecule has 4 saturated carbocycles. The molecule has 0 radical (unpaired) electrons. The Hall–Kier alpha value is -0.570. The van der Waals surface area contributed by atoms with Gasteiger partial charge < -0.3 is 10.6 Å². The van der Waals surface area contributed by atoms with Crippen LogP contribution in [0.3, 0.4) is 0 Å². The second kappa shape index (κ2) is 5.32. The SMILES string of the molecule is CC(C)NCC(=O)NC(C)C12CC3CC(CC(C3)C1)C2. The van der Waals surface area contributed by atoms with Crippen LogP contribution in [0.4, 0.5) is 0 Å². The second-order valence-electron chi connectivity index (χ2n) is 8.10. The first-order valence-corrected chi connectivity index (χ1v) is 8.49. The van der Waals surface area contributed by atoms with Crippen molar-refractivity contribution in [3.63, 3.8) is 0 Å². The zero-order valence-electron chi connectivity index (χ0n) is 13.2. The third-order valence-electron chi connectivity index (χ3n) is 6.05. The summed E-state index contributed by atoms with van der Waals surface area (Å²) in [7, 11) is 0. The van der Waals surface area contributed by atoms with Crippen LogP contribution in [0.15, 0.2) is 0 Å². The van der Waals surface area contributed by atoms with E-state index >= 15 is 0 Å². The Morgan fingerprint density at radius 2 is 1.55 bits per heavy atom. The summed E-state index contributed by atoms with van der Waals surface area (Å²) in [5.74, 6) is 3.03. The lowest BCUT2D eigenvalue weighted by atomic mass is 9.48. The summed E-state index contributed by atoms with van der Waals surface area (Å²) in [6.45, 7) is 6.86. The van der Waals surface area contributed by atoms with Gasteiger partial charge in [0.25, 0.3) is 0 Å². The average Bonchev–Trinajstić information content (AvgIpc) is 2.34. The van der Waals surface area contributed by atoms with E-state index < -0.39 is 0 Å². The van der Waals surface area contributed by atoms with Crippen molar-refractivity contribution in [3.05, 3.63) is 0 Å². The maximum absolute atomic E-state index is 12.1. The summed E-state index contributed by atoms with van der Waals surface area (Å²) in [5, 5.41) is 6.50. The van der Waals surface area contributed by atoms with Crippen LogP contribution in [0.2, 0.25) is 0 Å². The smallest absolute Gasteiger partial charge is 0.234 e. The molecular formula is C17H30N2O. The first kappa shape index (κ1) is 14.4. The molecule has 0 aromatic heterocycles. The van der Waals surface area contributed by atoms with Crippen LogP contribution in [0, 0.1) is 23.2 Å². The van der Waals surface area contributed by atoms with Gasteiger partial charge in [0.2, 0.25) is 5.91 Å². The van der Waals surface area contributed by atoms with Gasteiger partial charge in [0.15, 0.2) is 0 Å². The molecule has 0 saturated heterocycles. The van der Waals surface area contributed by atoms with Crippen LogP contribution < -0.4 is 10.6 Å². The molecular weight excluding hydrogens is 248 g/mol. The van der Waals surface area contributed by atoms with Gasteiger partial charge in [0.05, 0.1) is 6.54 Å². The van der Waals surface area contributed by atoms with Crippen molar-refractivity contribution < 1.29 is 4.79 Å². The molecule has 20 heavy (non-hydrogen) atoms. The third-order valence-corrected chi connectivity index (χ3v) is 6.05. The van der Waals surface area contributed by atoms with Crippen LogP contribution >= 0.6 is 0 Å². The lowest BCUT2D eigenvalue weighted by Crippen LogP contribution is -2.56. The summed E-state index contributed by atoms with van der Waals surface area (Å²) < 4.78 is 0. The first-order chi connectivity index (χ1) is 9.47. The molecule has 3 heteroatoms. The molecule has 4 aliphatic carbocycles. The van der Waals surface area contributed by atoms with Gasteiger partial charge in [-0.3, -0.25) is 4.79 Å². The molecule has 114 valence electrons. The van der Waals surface area contributed by atoms with Crippen molar-refractivity contribution >= 4 is 5.91 Å². The van der Waals surface area contributed by atoms with E-state index in [1.807, 2.05) is 0 Å². The molecule has 0 aromatic carbocycles. The molecule has 3 nitrogen and oxygen atoms in total. The number of hydrogen-bond acceptors (Lipinski definition) is 2. The summed E-state index contributed by atoms with van der Waals surface area (Å²) in [6, 6.07) is 0.716. The zero-order chi connectivity index (χ0) is 14.3. The Morgan fingerprint density at radius 1 is 1.05 bits per heavy atom. The lowest BCUT2D eigenvalue weighted by molar-refractivity contribution is -0.125. The second-order valence-corrected chi connectivity index (χ2v) is 8.10. The van der Waals surface area contributed by atoms with Crippen molar-refractivity contribution in [1.29, 1.82) is 0 Å². The van der Waals surface area contributed by atoms with Gasteiger partial charge in [-0.05, 0) is 68.6 Å². The fourth-order valence-electron chi connectivity index (χ4n) is 5.45. The van der Waals surface area contributed by atoms with E-state index in [0.29, 0.717) is 24.0 Å². The number of amides is 1. The summed E-state index contributed by atoms with van der Waals surface area (Å²) in [4.78, 5) is 12.1. The molecule has 4 aliphatic rings. The molecule has 4 bridgehead atoms. The van der Waals surface area contributed by atoms with Crippen molar-refractivity contribution in [2.75, 3.05) is 6.54 Å². The zero-order valence-corrected chi connectivity index (χ0v) is 13.2. The minimum absolute atomic E-state index is 0.168. The number of hydrogen-bond donors (Lipinski definition) is 2. The minimum atomic E-state index is 0.168. The first-order valence-electron chi connectivity index (χ1n) is 8.49. The van der Waals surface area contributed by atoms with Crippen LogP contribution in [-0.2, 0) is 4.79 Å². The van der Waals surface area contributed by atoms with Crippen molar-refractivity contribution in [1.82, 2.24) is 10.6 Å². The molecule has 2 N–H and O–H groups in total. The fourth-order valence-corrected chi connectivity index (χ4v) is 5.45. The Labute approximate surface area is 123 Å². The predicted molar refractivity (Wildman–Crippen MR) is 81.3 cm³/mol. The summed E-state index contributed by atoms with van der Waals surface area (Å²) in [5.41, 5.74) is 0.419. The van der Waals surface area contributed by atoms with Crippen LogP contribution in [0.5, 0.6) is 0 Å². The van der Waals surface area contributed by atoms with Gasteiger partial charge in [-0.15, -0.1) is 0 Å². The Kier molecular flexibility index (Phi) is 3.83. The summed E-state index contributed by atoms with van der Waals surface area (Å²) >= 11 is 0. The Balaban J connectivity index is 1.59. The van der Waals surface area contributed by atoms with Crippen molar-refractivity contribution in [2.24, 2.45) is 23.2 Å². The molecule has 1 unspecified atom stereocenters. The van der Waals surface area contributed by atoms with Gasteiger partial charge in [0, 0.05) is 12.1 Å². The maximum Gasteiger partial charge on any atom is 0.234 e. The Bertz CT molecular complexity index is 342. The predicted octanol–water partition coefficient (Wildman–Crippen LogP) is 2.71. The van der Waals surface area contributed by atoms with E-state index in [2.05, 4.69) is 31.4 Å². The number of nitrogens with one attached hydrogen (secondary N) is 2. The molecule has 0 heterocycles. The van der Waals surface area contributed by atoms with E-state index in [1.165, 1.54) is 38.5 Å². The molecule has 0 aromatic rings. The van der Waals surface area contributed by atoms with Gasteiger partial charge in [-0.1, -0.05) is 13.8 Å². The maximum atomic E-state index is 12.1. The van der Waals surface area contributed by atoms with Gasteiger partial charge >= 0.3 is 0 Å². The highest BCUT2D eigenvalue weighted by Crippen LogP contribution is 2.61. The number of carbonyl (C=O) groups excluding carboxylic acids is 1. The lowest BCUT2D eigenvalue weighted by Gasteiger charge is -2.59. The van der Waals surface area contributed by atoms with Crippen molar-refractivity contribution in [2.45, 2.75) is 71.4 Å². The molecule has 1 amide bonds. The van der Waals surface area contributed by atoms with Crippen LogP contribution in [-0.4, -0.2) is 24.5 Å². The van der Waals surface area contributed by atoms with Crippen LogP contribution in [0.1, 0.15) is 59.3 Å². The molecule has 1 atom stereocenters. The van der Waals surface area contributed by atoms with E-state index in [0.717, 1.165) is 17.8 Å². The van der Waals surface area contributed by atoms with E-state index in [4.69, 9.17) is 0 Å². The van der Waals surface area contributed by atoms with Gasteiger partial charge in [-0.2, -0.15) is 0 Å². The van der Waals surface area contributed by atoms with Crippen molar-refractivity contribution in [3.8, 4) is 0 Å². The van der Waals surface area contributed by atoms with E-state index in [9.17, 15) is 4.79 Å². The van der Waals surface area contributed by atoms with E-state index in [-0.39, 0.29) is 5.91 Å².